The molecule has 0 radical (unpaired) electrons. The maximum atomic E-state index is 14.3. The van der Waals surface area contributed by atoms with Crippen molar-refractivity contribution in [3.8, 4) is 22.8 Å². The molecule has 1 aliphatic rings. The van der Waals surface area contributed by atoms with E-state index in [-0.39, 0.29) is 24.0 Å². The van der Waals surface area contributed by atoms with E-state index in [1.54, 1.807) is 35.0 Å². The van der Waals surface area contributed by atoms with E-state index in [1.807, 2.05) is 13.9 Å². The summed E-state index contributed by atoms with van der Waals surface area (Å²) in [5.41, 5.74) is 2.70. The van der Waals surface area contributed by atoms with Gasteiger partial charge < -0.3 is 15.5 Å². The monoisotopic (exact) mass is 509 g/mol. The lowest BCUT2D eigenvalue weighted by Gasteiger charge is -2.32. The summed E-state index contributed by atoms with van der Waals surface area (Å²) in [5.74, 6) is -0.543. The number of aromatic hydroxyl groups is 2. The maximum Gasteiger partial charge on any atom is 0.245 e. The Labute approximate surface area is 208 Å². The first kappa shape index (κ1) is 24.1. The number of hydrogen-bond donors (Lipinski definition) is 3. The van der Waals surface area contributed by atoms with Gasteiger partial charge in [-0.15, -0.1) is 0 Å². The van der Waals surface area contributed by atoms with E-state index in [9.17, 15) is 23.0 Å². The van der Waals surface area contributed by atoms with Gasteiger partial charge in [0.1, 0.15) is 35.9 Å². The number of sulfonamides is 1. The highest BCUT2D eigenvalue weighted by atomic mass is 32.2. The predicted molar refractivity (Wildman–Crippen MR) is 136 cm³/mol. The van der Waals surface area contributed by atoms with Crippen molar-refractivity contribution >= 4 is 34.8 Å². The van der Waals surface area contributed by atoms with Crippen LogP contribution < -0.4 is 10.8 Å². The van der Waals surface area contributed by atoms with E-state index in [0.29, 0.717) is 42.2 Å². The average Bonchev–Trinajstić information content (AvgIpc) is 3.23. The molecule has 0 bridgehead atoms. The molecule has 1 aliphatic heterocycles. The third-order valence-corrected chi connectivity index (χ3v) is 8.31. The number of rotatable bonds is 6. The molecule has 1 fully saturated rings. The third kappa shape index (κ3) is 4.49. The minimum absolute atomic E-state index is 0.0258. The molecule has 12 heteroatoms. The highest BCUT2D eigenvalue weighted by Crippen LogP contribution is 2.30. The first-order valence-electron chi connectivity index (χ1n) is 11.6. The van der Waals surface area contributed by atoms with Gasteiger partial charge in [-0.05, 0) is 48.5 Å². The minimum atomic E-state index is -4.04. The van der Waals surface area contributed by atoms with Gasteiger partial charge in [0.15, 0.2) is 5.65 Å². The number of fused-ring (bicyclic) bond motifs is 1. The van der Waals surface area contributed by atoms with E-state index >= 15 is 0 Å². The van der Waals surface area contributed by atoms with Crippen LogP contribution in [0.15, 0.2) is 59.6 Å². The molecule has 0 amide bonds. The number of nitrogens with one attached hydrogen (secondary N) is 1. The zero-order chi connectivity index (χ0) is 25.4. The molecule has 2 aromatic carbocycles. The van der Waals surface area contributed by atoms with E-state index in [1.165, 1.54) is 10.4 Å². The Hall–Kier alpha value is -3.64. The molecule has 2 aromatic heterocycles. The Morgan fingerprint density at radius 2 is 1.97 bits per heavy atom. The SMILES string of the molecule is Bc1cnn2c(NCC3CCCN(S(=O)(=O)c4ccc(O)cc4F)C3)cc(-c3ccccc3O)nc12. The van der Waals surface area contributed by atoms with Gasteiger partial charge in [0.25, 0.3) is 0 Å². The lowest BCUT2D eigenvalue weighted by Crippen LogP contribution is -2.42. The van der Waals surface area contributed by atoms with Crippen LogP contribution in [-0.4, -0.2) is 65.0 Å². The van der Waals surface area contributed by atoms with Gasteiger partial charge in [-0.1, -0.05) is 12.1 Å². The van der Waals surface area contributed by atoms with Crippen molar-refractivity contribution < 1.29 is 23.0 Å². The van der Waals surface area contributed by atoms with Gasteiger partial charge in [0, 0.05) is 43.5 Å². The highest BCUT2D eigenvalue weighted by Gasteiger charge is 2.32. The van der Waals surface area contributed by atoms with Gasteiger partial charge in [-0.2, -0.15) is 13.9 Å². The molecular formula is C24H25BFN5O4S. The lowest BCUT2D eigenvalue weighted by molar-refractivity contribution is 0.274. The van der Waals surface area contributed by atoms with Crippen LogP contribution >= 0.6 is 0 Å². The molecular weight excluding hydrogens is 484 g/mol. The Morgan fingerprint density at radius 3 is 2.75 bits per heavy atom. The molecule has 3 heterocycles. The molecule has 3 N–H and O–H groups in total. The number of anilines is 1. The standard InChI is InChI=1S/C24H25BFN5O4S/c25-18-13-28-31-23(11-20(29-24(18)31)17-5-1-2-6-21(17)33)27-12-15-4-3-9-30(14-15)36(34,35)22-8-7-16(32)10-19(22)26/h1-2,5-8,10-11,13,15,27,32-33H,3-4,9,12,14,25H2. The fourth-order valence-electron chi connectivity index (χ4n) is 4.53. The van der Waals surface area contributed by atoms with Gasteiger partial charge in [-0.3, -0.25) is 0 Å². The van der Waals surface area contributed by atoms with Crippen LogP contribution in [0.1, 0.15) is 12.8 Å². The van der Waals surface area contributed by atoms with Crippen LogP contribution in [0.3, 0.4) is 0 Å². The number of aromatic nitrogens is 3. The fraction of sp³-hybridized carbons (Fsp3) is 0.250. The molecule has 5 rings (SSSR count). The van der Waals surface area contributed by atoms with Crippen molar-refractivity contribution in [3.63, 3.8) is 0 Å². The van der Waals surface area contributed by atoms with Crippen molar-refractivity contribution in [3.05, 3.63) is 60.5 Å². The zero-order valence-corrected chi connectivity index (χ0v) is 20.4. The van der Waals surface area contributed by atoms with E-state index in [4.69, 9.17) is 0 Å². The summed E-state index contributed by atoms with van der Waals surface area (Å²) in [4.78, 5) is 4.23. The minimum Gasteiger partial charge on any atom is -0.508 e. The van der Waals surface area contributed by atoms with Crippen molar-refractivity contribution in [1.82, 2.24) is 18.9 Å². The molecule has 1 unspecified atom stereocenters. The Morgan fingerprint density at radius 1 is 1.17 bits per heavy atom. The lowest BCUT2D eigenvalue weighted by atomic mass is 9.99. The van der Waals surface area contributed by atoms with Crippen LogP contribution in [0, 0.1) is 11.7 Å². The number of benzene rings is 2. The van der Waals surface area contributed by atoms with E-state index in [2.05, 4.69) is 15.4 Å². The van der Waals surface area contributed by atoms with Gasteiger partial charge in [0.05, 0.1) is 5.69 Å². The van der Waals surface area contributed by atoms with E-state index < -0.39 is 20.7 Å². The number of piperidine rings is 1. The van der Waals surface area contributed by atoms with Crippen LogP contribution in [0.2, 0.25) is 0 Å². The Bertz CT molecular complexity index is 1550. The van der Waals surface area contributed by atoms with Crippen LogP contribution in [0.5, 0.6) is 11.5 Å². The molecule has 0 spiro atoms. The molecule has 1 saturated heterocycles. The number of phenolic OH excluding ortho intramolecular Hbond substituents is 2. The Kier molecular flexibility index (Phi) is 6.31. The zero-order valence-electron chi connectivity index (χ0n) is 19.6. The number of phenols is 2. The largest absolute Gasteiger partial charge is 0.508 e. The van der Waals surface area contributed by atoms with Gasteiger partial charge in [0.2, 0.25) is 10.0 Å². The molecule has 9 nitrogen and oxygen atoms in total. The normalized spacial score (nSPS) is 16.9. The summed E-state index contributed by atoms with van der Waals surface area (Å²) in [6.07, 6.45) is 3.15. The fourth-order valence-corrected chi connectivity index (χ4v) is 6.13. The van der Waals surface area contributed by atoms with Crippen molar-refractivity contribution in [2.75, 3.05) is 25.0 Å². The predicted octanol–water partition coefficient (Wildman–Crippen LogP) is 1.72. The average molecular weight is 509 g/mol. The molecule has 36 heavy (non-hydrogen) atoms. The summed E-state index contributed by atoms with van der Waals surface area (Å²) in [6.45, 7) is 0.991. The van der Waals surface area contributed by atoms with Gasteiger partial charge in [-0.25, -0.2) is 17.8 Å². The molecule has 0 saturated carbocycles. The summed E-state index contributed by atoms with van der Waals surface area (Å²) < 4.78 is 43.5. The van der Waals surface area contributed by atoms with Crippen molar-refractivity contribution in [1.29, 1.82) is 0 Å². The molecule has 1 atom stereocenters. The number of nitrogens with zero attached hydrogens (tertiary/aromatic N) is 4. The number of hydrogen-bond acceptors (Lipinski definition) is 7. The number of halogens is 1. The first-order chi connectivity index (χ1) is 17.2. The number of para-hydroxylation sites is 1. The van der Waals surface area contributed by atoms with E-state index in [0.717, 1.165) is 24.0 Å². The smallest absolute Gasteiger partial charge is 0.245 e. The highest BCUT2D eigenvalue weighted by molar-refractivity contribution is 7.89. The molecule has 4 aromatic rings. The second kappa shape index (κ2) is 9.43. The molecule has 0 aliphatic carbocycles. The van der Waals surface area contributed by atoms with Crippen LogP contribution in [-0.2, 0) is 10.0 Å². The second-order valence-corrected chi connectivity index (χ2v) is 10.9. The van der Waals surface area contributed by atoms with Crippen LogP contribution in [0.25, 0.3) is 16.9 Å². The summed E-state index contributed by atoms with van der Waals surface area (Å²) in [5, 5.41) is 27.6. The first-order valence-corrected chi connectivity index (χ1v) is 13.0. The van der Waals surface area contributed by atoms with Gasteiger partial charge >= 0.3 is 0 Å². The molecule has 186 valence electrons. The quantitative estimate of drug-likeness (QED) is 0.339. The Balaban J connectivity index is 1.38. The summed E-state index contributed by atoms with van der Waals surface area (Å²) in [7, 11) is -2.14. The summed E-state index contributed by atoms with van der Waals surface area (Å²) >= 11 is 0. The topological polar surface area (TPSA) is 120 Å². The summed E-state index contributed by atoms with van der Waals surface area (Å²) in [6, 6.07) is 11.8. The van der Waals surface area contributed by atoms with Crippen molar-refractivity contribution in [2.45, 2.75) is 17.7 Å². The maximum absolute atomic E-state index is 14.3. The van der Waals surface area contributed by atoms with Crippen molar-refractivity contribution in [2.24, 2.45) is 5.92 Å². The third-order valence-electron chi connectivity index (χ3n) is 6.42. The second-order valence-electron chi connectivity index (χ2n) is 8.97. The van der Waals surface area contributed by atoms with Crippen LogP contribution in [0.4, 0.5) is 10.2 Å².